The molecule has 102 valence electrons. The van der Waals surface area contributed by atoms with Crippen molar-refractivity contribution >= 4 is 0 Å². The fourth-order valence-electron chi connectivity index (χ4n) is 5.26. The summed E-state index contributed by atoms with van der Waals surface area (Å²) in [5.74, 6) is 1.02. The van der Waals surface area contributed by atoms with Gasteiger partial charge in [0.2, 0.25) is 0 Å². The summed E-state index contributed by atoms with van der Waals surface area (Å²) < 4.78 is 0. The smallest absolute Gasteiger partial charge is 0.0258 e. The van der Waals surface area contributed by atoms with Crippen molar-refractivity contribution in [3.05, 3.63) is 0 Å². The molecule has 0 radical (unpaired) electrons. The van der Waals surface area contributed by atoms with E-state index in [2.05, 4.69) is 22.2 Å². The highest BCUT2D eigenvalue weighted by Gasteiger charge is 2.47. The molecule has 5 fully saturated rings. The molecular formula is C15H27N3. The van der Waals surface area contributed by atoms with Gasteiger partial charge in [-0.05, 0) is 64.6 Å². The molecule has 1 N–H and O–H groups in total. The number of nitrogens with one attached hydrogen (secondary N) is 1. The third-order valence-corrected chi connectivity index (χ3v) is 6.20. The van der Waals surface area contributed by atoms with Gasteiger partial charge in [-0.15, -0.1) is 0 Å². The first-order chi connectivity index (χ1) is 8.85. The molecule has 3 unspecified atom stereocenters. The summed E-state index contributed by atoms with van der Waals surface area (Å²) in [6, 6.07) is 3.49. The first-order valence-corrected chi connectivity index (χ1v) is 8.02. The Hall–Kier alpha value is -0.120. The second-order valence-corrected chi connectivity index (χ2v) is 6.99. The van der Waals surface area contributed by atoms with Crippen molar-refractivity contribution in [1.29, 1.82) is 0 Å². The van der Waals surface area contributed by atoms with E-state index in [1.807, 2.05) is 0 Å². The molecule has 5 heterocycles. The topological polar surface area (TPSA) is 18.5 Å². The van der Waals surface area contributed by atoms with E-state index < -0.39 is 0 Å². The monoisotopic (exact) mass is 249 g/mol. The summed E-state index contributed by atoms with van der Waals surface area (Å²) in [7, 11) is 2.15. The van der Waals surface area contributed by atoms with Gasteiger partial charge in [0.1, 0.15) is 0 Å². The van der Waals surface area contributed by atoms with E-state index in [1.54, 1.807) is 0 Å². The first kappa shape index (κ1) is 11.7. The van der Waals surface area contributed by atoms with Crippen LogP contribution >= 0.6 is 0 Å². The summed E-state index contributed by atoms with van der Waals surface area (Å²) in [4.78, 5) is 5.69. The molecule has 0 saturated carbocycles. The largest absolute Gasteiger partial charge is 0.317 e. The van der Waals surface area contributed by atoms with Crippen molar-refractivity contribution in [2.45, 2.75) is 62.7 Å². The lowest BCUT2D eigenvalue weighted by atomic mass is 9.81. The Morgan fingerprint density at radius 3 is 2.11 bits per heavy atom. The molecule has 18 heavy (non-hydrogen) atoms. The third-order valence-electron chi connectivity index (χ3n) is 6.20. The number of nitrogens with zero attached hydrogens (tertiary/aromatic N) is 2. The van der Waals surface area contributed by atoms with Gasteiger partial charge >= 0.3 is 0 Å². The number of hydrogen-bond donors (Lipinski definition) is 1. The Bertz CT molecular complexity index is 297. The molecule has 3 atom stereocenters. The Kier molecular flexibility index (Phi) is 2.90. The van der Waals surface area contributed by atoms with E-state index in [1.165, 1.54) is 58.2 Å². The van der Waals surface area contributed by atoms with Crippen LogP contribution in [0.4, 0.5) is 0 Å². The maximum Gasteiger partial charge on any atom is 0.0258 e. The van der Waals surface area contributed by atoms with Crippen LogP contribution in [0.25, 0.3) is 0 Å². The van der Waals surface area contributed by atoms with Gasteiger partial charge in [-0.2, -0.15) is 0 Å². The van der Waals surface area contributed by atoms with Crippen LogP contribution in [0.1, 0.15) is 38.5 Å². The normalized spacial score (nSPS) is 51.8. The lowest BCUT2D eigenvalue weighted by molar-refractivity contribution is -0.0353. The molecule has 5 aliphatic heterocycles. The zero-order valence-electron chi connectivity index (χ0n) is 11.6. The minimum Gasteiger partial charge on any atom is -0.317 e. The van der Waals surface area contributed by atoms with Crippen LogP contribution in [0.3, 0.4) is 0 Å². The van der Waals surface area contributed by atoms with E-state index in [9.17, 15) is 0 Å². The summed E-state index contributed by atoms with van der Waals surface area (Å²) in [5.41, 5.74) is 0. The molecule has 0 aromatic heterocycles. The molecule has 5 aliphatic rings. The van der Waals surface area contributed by atoms with Crippen LogP contribution in [0.5, 0.6) is 0 Å². The fraction of sp³-hybridized carbons (Fsp3) is 1.00. The van der Waals surface area contributed by atoms with E-state index in [0.717, 1.165) is 30.1 Å². The minimum atomic E-state index is 0.792. The molecule has 3 heteroatoms. The Labute approximate surface area is 111 Å². The molecular weight excluding hydrogens is 222 g/mol. The number of fused-ring (bicyclic) bond motifs is 6. The molecule has 4 bridgehead atoms. The van der Waals surface area contributed by atoms with Gasteiger partial charge in [0.15, 0.2) is 0 Å². The van der Waals surface area contributed by atoms with Gasteiger partial charge in [0, 0.05) is 30.7 Å². The van der Waals surface area contributed by atoms with Gasteiger partial charge in [0.25, 0.3) is 0 Å². The first-order valence-electron chi connectivity index (χ1n) is 8.02. The molecule has 0 spiro atoms. The van der Waals surface area contributed by atoms with E-state index >= 15 is 0 Å². The average molecular weight is 249 g/mol. The van der Waals surface area contributed by atoms with Gasteiger partial charge in [-0.1, -0.05) is 0 Å². The van der Waals surface area contributed by atoms with Crippen molar-refractivity contribution in [3.8, 4) is 0 Å². The number of rotatable bonds is 2. The minimum absolute atomic E-state index is 0.792. The lowest BCUT2D eigenvalue weighted by Crippen LogP contribution is -2.62. The van der Waals surface area contributed by atoms with Gasteiger partial charge in [-0.3, -0.25) is 4.90 Å². The molecule has 0 aliphatic carbocycles. The third kappa shape index (κ3) is 1.75. The van der Waals surface area contributed by atoms with Crippen molar-refractivity contribution in [1.82, 2.24) is 15.1 Å². The molecule has 0 amide bonds. The van der Waals surface area contributed by atoms with Crippen LogP contribution in [0, 0.1) is 5.92 Å². The fourth-order valence-corrected chi connectivity index (χ4v) is 5.26. The van der Waals surface area contributed by atoms with Crippen molar-refractivity contribution in [2.75, 3.05) is 26.7 Å². The highest BCUT2D eigenvalue weighted by Crippen LogP contribution is 2.42. The van der Waals surface area contributed by atoms with Crippen molar-refractivity contribution in [3.63, 3.8) is 0 Å². The molecule has 0 aromatic rings. The van der Waals surface area contributed by atoms with Gasteiger partial charge in [-0.25, -0.2) is 0 Å². The van der Waals surface area contributed by atoms with E-state index in [4.69, 9.17) is 0 Å². The lowest BCUT2D eigenvalue weighted by Gasteiger charge is -2.53. The molecule has 5 rings (SSSR count). The number of hydrogen-bond acceptors (Lipinski definition) is 3. The second kappa shape index (κ2) is 4.46. The summed E-state index contributed by atoms with van der Waals surface area (Å²) in [5, 5.41) is 3.53. The highest BCUT2D eigenvalue weighted by atomic mass is 15.3. The SMILES string of the molecule is CNC1CC2CCC(C1)N2C1CN2CCC1CC2. The van der Waals surface area contributed by atoms with E-state index in [-0.39, 0.29) is 0 Å². The summed E-state index contributed by atoms with van der Waals surface area (Å²) in [6.07, 6.45) is 8.66. The van der Waals surface area contributed by atoms with Gasteiger partial charge in [0.05, 0.1) is 0 Å². The highest BCUT2D eigenvalue weighted by molar-refractivity contribution is 5.04. The Morgan fingerprint density at radius 1 is 0.944 bits per heavy atom. The summed E-state index contributed by atoms with van der Waals surface area (Å²) in [6.45, 7) is 4.13. The summed E-state index contributed by atoms with van der Waals surface area (Å²) >= 11 is 0. The Morgan fingerprint density at radius 2 is 1.61 bits per heavy atom. The number of piperidine rings is 4. The van der Waals surface area contributed by atoms with Crippen LogP contribution in [-0.4, -0.2) is 60.6 Å². The van der Waals surface area contributed by atoms with Crippen molar-refractivity contribution in [2.24, 2.45) is 5.92 Å². The zero-order chi connectivity index (χ0) is 12.1. The maximum atomic E-state index is 3.53. The van der Waals surface area contributed by atoms with Crippen LogP contribution in [0.15, 0.2) is 0 Å². The quantitative estimate of drug-likeness (QED) is 0.796. The molecule has 3 nitrogen and oxygen atoms in total. The maximum absolute atomic E-state index is 3.53. The van der Waals surface area contributed by atoms with Crippen LogP contribution < -0.4 is 5.32 Å². The predicted molar refractivity (Wildman–Crippen MR) is 73.7 cm³/mol. The van der Waals surface area contributed by atoms with E-state index in [0.29, 0.717) is 0 Å². The average Bonchev–Trinajstić information content (AvgIpc) is 2.70. The molecule has 5 saturated heterocycles. The van der Waals surface area contributed by atoms with Crippen LogP contribution in [0.2, 0.25) is 0 Å². The second-order valence-electron chi connectivity index (χ2n) is 6.99. The zero-order valence-corrected chi connectivity index (χ0v) is 11.6. The van der Waals surface area contributed by atoms with Gasteiger partial charge < -0.3 is 10.2 Å². The molecule has 0 aromatic carbocycles. The van der Waals surface area contributed by atoms with Crippen molar-refractivity contribution < 1.29 is 0 Å². The Balaban J connectivity index is 1.52. The predicted octanol–water partition coefficient (Wildman–Crippen LogP) is 1.30. The standard InChI is InChI=1S/C15H27N3/c1-16-12-8-13-2-3-14(9-12)18(13)15-10-17-6-4-11(15)5-7-17/h11-16H,2-10H2,1H3. The van der Waals surface area contributed by atoms with Crippen LogP contribution in [-0.2, 0) is 0 Å².